The minimum atomic E-state index is -0.0355. The fourth-order valence-corrected chi connectivity index (χ4v) is 3.34. The quantitative estimate of drug-likeness (QED) is 0.851. The molecule has 5 nitrogen and oxygen atoms in total. The second kappa shape index (κ2) is 8.50. The smallest absolute Gasteiger partial charge is 0.274 e. The van der Waals surface area contributed by atoms with Gasteiger partial charge in [0.05, 0.1) is 12.4 Å². The number of likely N-dealkylation sites (tertiary alicyclic amines) is 1. The lowest BCUT2D eigenvalue weighted by atomic mass is 10.1. The van der Waals surface area contributed by atoms with Gasteiger partial charge in [-0.2, -0.15) is 0 Å². The molecule has 3 rings (SSSR count). The standard InChI is InChI=1S/C18H20Cl2N4O/c19-14-5-4-13(15(20)10-14)6-7-21-17-12-22-16(11-23-17)18(25)24-8-2-1-3-9-24/h4-5,10-12H,1-3,6-9H2,(H,21,23). The lowest BCUT2D eigenvalue weighted by molar-refractivity contribution is 0.0718. The predicted octanol–water partition coefficient (Wildman–Crippen LogP) is 4.06. The van der Waals surface area contributed by atoms with E-state index in [1.807, 2.05) is 17.0 Å². The van der Waals surface area contributed by atoms with E-state index in [1.54, 1.807) is 12.3 Å². The summed E-state index contributed by atoms with van der Waals surface area (Å²) >= 11 is 12.1. The zero-order valence-corrected chi connectivity index (χ0v) is 15.4. The number of amides is 1. The summed E-state index contributed by atoms with van der Waals surface area (Å²) in [5.41, 5.74) is 1.41. The Morgan fingerprint density at radius 1 is 1.12 bits per heavy atom. The van der Waals surface area contributed by atoms with Crippen molar-refractivity contribution in [3.05, 3.63) is 51.9 Å². The number of anilines is 1. The van der Waals surface area contributed by atoms with Crippen molar-refractivity contribution in [2.45, 2.75) is 25.7 Å². The predicted molar refractivity (Wildman–Crippen MR) is 100 cm³/mol. The third kappa shape index (κ3) is 4.83. The van der Waals surface area contributed by atoms with Gasteiger partial charge < -0.3 is 10.2 Å². The van der Waals surface area contributed by atoms with Gasteiger partial charge in [-0.3, -0.25) is 4.79 Å². The number of halogens is 2. The lowest BCUT2D eigenvalue weighted by Gasteiger charge is -2.26. The molecule has 0 radical (unpaired) electrons. The number of hydrogen-bond donors (Lipinski definition) is 1. The number of hydrogen-bond acceptors (Lipinski definition) is 4. The zero-order valence-electron chi connectivity index (χ0n) is 13.8. The van der Waals surface area contributed by atoms with Gasteiger partial charge in [-0.15, -0.1) is 0 Å². The molecule has 0 unspecified atom stereocenters. The summed E-state index contributed by atoms with van der Waals surface area (Å²) in [5.74, 6) is 0.604. The summed E-state index contributed by atoms with van der Waals surface area (Å²) in [6, 6.07) is 5.47. The average molecular weight is 379 g/mol. The molecule has 2 aromatic rings. The van der Waals surface area contributed by atoms with Gasteiger partial charge in [-0.05, 0) is 43.4 Å². The molecule has 132 valence electrons. The Morgan fingerprint density at radius 2 is 1.92 bits per heavy atom. The average Bonchev–Trinajstić information content (AvgIpc) is 2.64. The third-order valence-electron chi connectivity index (χ3n) is 4.23. The first-order valence-electron chi connectivity index (χ1n) is 8.42. The molecule has 1 N–H and O–H groups in total. The number of carbonyl (C=O) groups excluding carboxylic acids is 1. The molecule has 1 aromatic heterocycles. The summed E-state index contributed by atoms with van der Waals surface area (Å²) in [6.07, 6.45) is 7.19. The van der Waals surface area contributed by atoms with E-state index in [0.717, 1.165) is 37.9 Å². The van der Waals surface area contributed by atoms with Crippen molar-refractivity contribution in [1.82, 2.24) is 14.9 Å². The molecule has 1 amide bonds. The zero-order chi connectivity index (χ0) is 17.6. The van der Waals surface area contributed by atoms with E-state index < -0.39 is 0 Å². The van der Waals surface area contributed by atoms with E-state index in [9.17, 15) is 4.79 Å². The molecule has 1 aromatic carbocycles. The van der Waals surface area contributed by atoms with Crippen LogP contribution in [0.1, 0.15) is 35.3 Å². The van der Waals surface area contributed by atoms with Crippen LogP contribution in [0.4, 0.5) is 5.82 Å². The third-order valence-corrected chi connectivity index (χ3v) is 4.82. The van der Waals surface area contributed by atoms with E-state index in [-0.39, 0.29) is 5.91 Å². The van der Waals surface area contributed by atoms with Crippen LogP contribution in [0, 0.1) is 0 Å². The Bertz CT molecular complexity index is 730. The van der Waals surface area contributed by atoms with Crippen molar-refractivity contribution in [2.75, 3.05) is 25.0 Å². The second-order valence-corrected chi connectivity index (χ2v) is 6.90. The van der Waals surface area contributed by atoms with Gasteiger partial charge in [-0.1, -0.05) is 29.3 Å². The monoisotopic (exact) mass is 378 g/mol. The number of benzene rings is 1. The van der Waals surface area contributed by atoms with Gasteiger partial charge in [-0.25, -0.2) is 9.97 Å². The van der Waals surface area contributed by atoms with Gasteiger partial charge in [0.15, 0.2) is 0 Å². The van der Waals surface area contributed by atoms with E-state index in [2.05, 4.69) is 15.3 Å². The summed E-state index contributed by atoms with van der Waals surface area (Å²) in [7, 11) is 0. The molecule has 2 heterocycles. The normalized spacial score (nSPS) is 14.4. The van der Waals surface area contributed by atoms with Gasteiger partial charge in [0.1, 0.15) is 11.5 Å². The van der Waals surface area contributed by atoms with Crippen molar-refractivity contribution in [3.8, 4) is 0 Å². The van der Waals surface area contributed by atoms with Crippen molar-refractivity contribution >= 4 is 34.9 Å². The Balaban J connectivity index is 1.53. The number of carbonyl (C=O) groups is 1. The van der Waals surface area contributed by atoms with Gasteiger partial charge in [0.25, 0.3) is 5.91 Å². The van der Waals surface area contributed by atoms with Crippen LogP contribution < -0.4 is 5.32 Å². The SMILES string of the molecule is O=C(c1cnc(NCCc2ccc(Cl)cc2Cl)cn1)N1CCCCC1. The first-order valence-corrected chi connectivity index (χ1v) is 9.18. The van der Waals surface area contributed by atoms with E-state index >= 15 is 0 Å². The minimum Gasteiger partial charge on any atom is -0.368 e. The van der Waals surface area contributed by atoms with Crippen LogP contribution in [0.5, 0.6) is 0 Å². The maximum Gasteiger partial charge on any atom is 0.274 e. The summed E-state index contributed by atoms with van der Waals surface area (Å²) in [6.45, 7) is 2.28. The molecule has 7 heteroatoms. The molecule has 0 bridgehead atoms. The maximum absolute atomic E-state index is 12.4. The molecular formula is C18H20Cl2N4O. The second-order valence-electron chi connectivity index (χ2n) is 6.05. The van der Waals surface area contributed by atoms with Crippen molar-refractivity contribution < 1.29 is 4.79 Å². The van der Waals surface area contributed by atoms with Crippen LogP contribution in [0.15, 0.2) is 30.6 Å². The summed E-state index contributed by atoms with van der Waals surface area (Å²) in [4.78, 5) is 22.7. The first kappa shape index (κ1) is 18.0. The molecule has 0 spiro atoms. The number of nitrogens with one attached hydrogen (secondary N) is 1. The van der Waals surface area contributed by atoms with E-state index in [1.165, 1.54) is 12.6 Å². The number of nitrogens with zero attached hydrogens (tertiary/aromatic N) is 3. The highest BCUT2D eigenvalue weighted by molar-refractivity contribution is 6.35. The highest BCUT2D eigenvalue weighted by atomic mass is 35.5. The number of aromatic nitrogens is 2. The van der Waals surface area contributed by atoms with Gasteiger partial charge >= 0.3 is 0 Å². The van der Waals surface area contributed by atoms with Crippen LogP contribution in [-0.2, 0) is 6.42 Å². The highest BCUT2D eigenvalue weighted by Gasteiger charge is 2.19. The maximum atomic E-state index is 12.4. The fraction of sp³-hybridized carbons (Fsp3) is 0.389. The molecular weight excluding hydrogens is 359 g/mol. The van der Waals surface area contributed by atoms with Gasteiger partial charge in [0.2, 0.25) is 0 Å². The van der Waals surface area contributed by atoms with E-state index in [4.69, 9.17) is 23.2 Å². The van der Waals surface area contributed by atoms with Crippen molar-refractivity contribution in [3.63, 3.8) is 0 Å². The molecule has 1 saturated heterocycles. The van der Waals surface area contributed by atoms with Crippen LogP contribution in [-0.4, -0.2) is 40.4 Å². The molecule has 1 aliphatic heterocycles. The Morgan fingerprint density at radius 3 is 2.60 bits per heavy atom. The molecule has 0 atom stereocenters. The molecule has 1 fully saturated rings. The largest absolute Gasteiger partial charge is 0.368 e. The Hall–Kier alpha value is -1.85. The Kier molecular flexibility index (Phi) is 6.10. The molecule has 1 aliphatic rings. The van der Waals surface area contributed by atoms with Crippen LogP contribution in [0.3, 0.4) is 0 Å². The van der Waals surface area contributed by atoms with Crippen LogP contribution in [0.2, 0.25) is 10.0 Å². The van der Waals surface area contributed by atoms with Crippen LogP contribution in [0.25, 0.3) is 0 Å². The molecule has 0 aliphatic carbocycles. The van der Waals surface area contributed by atoms with Crippen LogP contribution >= 0.6 is 23.2 Å². The Labute approximate surface area is 157 Å². The van der Waals surface area contributed by atoms with E-state index in [0.29, 0.717) is 28.1 Å². The summed E-state index contributed by atoms with van der Waals surface area (Å²) < 4.78 is 0. The minimum absolute atomic E-state index is 0.0355. The topological polar surface area (TPSA) is 58.1 Å². The van der Waals surface area contributed by atoms with Crippen molar-refractivity contribution in [2.24, 2.45) is 0 Å². The first-order chi connectivity index (χ1) is 12.1. The highest BCUT2D eigenvalue weighted by Crippen LogP contribution is 2.21. The number of rotatable bonds is 5. The lowest BCUT2D eigenvalue weighted by Crippen LogP contribution is -2.36. The summed E-state index contributed by atoms with van der Waals surface area (Å²) in [5, 5.41) is 4.47. The molecule has 0 saturated carbocycles. The van der Waals surface area contributed by atoms with Gasteiger partial charge in [0, 0.05) is 29.7 Å². The van der Waals surface area contributed by atoms with Crippen molar-refractivity contribution in [1.29, 1.82) is 0 Å². The molecule has 25 heavy (non-hydrogen) atoms. The number of piperidine rings is 1. The fourth-order valence-electron chi connectivity index (χ4n) is 2.84.